The molecular formula is C27H40N2O2. The molecule has 0 unspecified atom stereocenters. The molecule has 4 fully saturated rings. The van der Waals surface area contributed by atoms with Crippen LogP contribution < -0.4 is 10.1 Å². The van der Waals surface area contributed by atoms with Crippen molar-refractivity contribution in [2.24, 2.45) is 23.2 Å². The van der Waals surface area contributed by atoms with Gasteiger partial charge in [0.25, 0.3) is 0 Å². The molecule has 4 aliphatic rings. The summed E-state index contributed by atoms with van der Waals surface area (Å²) in [7, 11) is 1.74. The number of nitrogens with zero attached hydrogens (tertiary/aromatic N) is 1. The molecule has 0 atom stereocenters. The molecule has 0 saturated heterocycles. The quantitative estimate of drug-likeness (QED) is 0.547. The highest BCUT2D eigenvalue weighted by atomic mass is 16.5. The van der Waals surface area contributed by atoms with Gasteiger partial charge in [0.2, 0.25) is 5.91 Å². The number of nitrogens with one attached hydrogen (secondary N) is 1. The van der Waals surface area contributed by atoms with Crippen molar-refractivity contribution in [2.45, 2.75) is 64.8 Å². The predicted molar refractivity (Wildman–Crippen MR) is 126 cm³/mol. The molecule has 0 aromatic heterocycles. The van der Waals surface area contributed by atoms with Crippen LogP contribution in [0, 0.1) is 23.2 Å². The number of amides is 1. The van der Waals surface area contributed by atoms with Gasteiger partial charge in [0, 0.05) is 31.1 Å². The molecule has 4 aliphatic carbocycles. The molecule has 5 rings (SSSR count). The third-order valence-electron chi connectivity index (χ3n) is 8.00. The number of para-hydroxylation sites is 1. The van der Waals surface area contributed by atoms with Gasteiger partial charge in [-0.2, -0.15) is 0 Å². The molecule has 4 nitrogen and oxygen atoms in total. The summed E-state index contributed by atoms with van der Waals surface area (Å²) in [6.45, 7) is 7.02. The molecule has 4 saturated carbocycles. The van der Waals surface area contributed by atoms with Gasteiger partial charge < -0.3 is 10.1 Å². The van der Waals surface area contributed by atoms with E-state index in [1.54, 1.807) is 7.11 Å². The van der Waals surface area contributed by atoms with E-state index in [0.29, 0.717) is 18.5 Å². The van der Waals surface area contributed by atoms with E-state index in [9.17, 15) is 4.79 Å². The van der Waals surface area contributed by atoms with Crippen molar-refractivity contribution in [1.82, 2.24) is 10.2 Å². The minimum Gasteiger partial charge on any atom is -0.496 e. The summed E-state index contributed by atoms with van der Waals surface area (Å²) in [4.78, 5) is 15.5. The van der Waals surface area contributed by atoms with Crippen molar-refractivity contribution >= 4 is 5.91 Å². The Balaban J connectivity index is 1.23. The third kappa shape index (κ3) is 5.16. The van der Waals surface area contributed by atoms with E-state index in [1.807, 2.05) is 12.1 Å². The van der Waals surface area contributed by atoms with Crippen molar-refractivity contribution in [3.63, 3.8) is 0 Å². The molecule has 31 heavy (non-hydrogen) atoms. The molecule has 1 aromatic carbocycles. The normalized spacial score (nSPS) is 29.3. The van der Waals surface area contributed by atoms with Crippen molar-refractivity contribution in [3.05, 3.63) is 42.0 Å². The minimum absolute atomic E-state index is 0.0404. The van der Waals surface area contributed by atoms with E-state index in [0.717, 1.165) is 62.3 Å². The fraction of sp³-hybridized carbons (Fsp3) is 0.667. The lowest BCUT2D eigenvalue weighted by Gasteiger charge is -2.55. The van der Waals surface area contributed by atoms with Gasteiger partial charge in [-0.1, -0.05) is 30.4 Å². The second-order valence-electron chi connectivity index (χ2n) is 10.5. The predicted octanol–water partition coefficient (Wildman–Crippen LogP) is 4.84. The van der Waals surface area contributed by atoms with E-state index >= 15 is 0 Å². The van der Waals surface area contributed by atoms with Crippen molar-refractivity contribution in [1.29, 1.82) is 0 Å². The average molecular weight is 425 g/mol. The van der Waals surface area contributed by atoms with Crippen LogP contribution in [0.25, 0.3) is 0 Å². The first kappa shape index (κ1) is 22.4. The number of ether oxygens (including phenoxy) is 1. The molecule has 0 radical (unpaired) electrons. The first-order valence-corrected chi connectivity index (χ1v) is 12.3. The van der Waals surface area contributed by atoms with Gasteiger partial charge >= 0.3 is 0 Å². The average Bonchev–Trinajstić information content (AvgIpc) is 2.74. The lowest BCUT2D eigenvalue weighted by atomic mass is 9.49. The van der Waals surface area contributed by atoms with Crippen molar-refractivity contribution < 1.29 is 9.53 Å². The first-order chi connectivity index (χ1) is 15.0. The highest BCUT2D eigenvalue weighted by Gasteiger charge is 2.54. The summed E-state index contributed by atoms with van der Waals surface area (Å²) in [5.41, 5.74) is 1.21. The third-order valence-corrected chi connectivity index (χ3v) is 8.00. The standard InChI is InChI=1S/C27H40N2O2/c1-20(2)29(13-10-24-8-4-5-9-25(24)31-3)12-7-6-11-28-26(30)27-17-21-14-22(18-27)16-23(15-21)19-27/h4-9,20-23H,10-19H2,1-3H3,(H,28,30). The fourth-order valence-corrected chi connectivity index (χ4v) is 6.75. The summed E-state index contributed by atoms with van der Waals surface area (Å²) in [6.07, 6.45) is 12.9. The van der Waals surface area contributed by atoms with Gasteiger partial charge in [0.05, 0.1) is 7.11 Å². The molecule has 4 heteroatoms. The van der Waals surface area contributed by atoms with E-state index in [1.165, 1.54) is 24.8 Å². The zero-order chi connectivity index (χ0) is 21.8. The Labute approximate surface area is 188 Å². The van der Waals surface area contributed by atoms with E-state index < -0.39 is 0 Å². The highest BCUT2D eigenvalue weighted by Crippen LogP contribution is 2.60. The monoisotopic (exact) mass is 424 g/mol. The maximum atomic E-state index is 13.1. The van der Waals surface area contributed by atoms with E-state index in [2.05, 4.69) is 48.3 Å². The molecular weight excluding hydrogens is 384 g/mol. The van der Waals surface area contributed by atoms with Crippen molar-refractivity contribution in [2.75, 3.05) is 26.7 Å². The van der Waals surface area contributed by atoms with Gasteiger partial charge in [0.1, 0.15) is 5.75 Å². The SMILES string of the molecule is COc1ccccc1CCN(CC=CCNC(=O)C12CC3CC(CC(C3)C1)C2)C(C)C. The molecule has 1 aromatic rings. The van der Waals surface area contributed by atoms with Crippen LogP contribution in [0.2, 0.25) is 0 Å². The Morgan fingerprint density at radius 2 is 1.77 bits per heavy atom. The van der Waals surface area contributed by atoms with Crippen molar-refractivity contribution in [3.8, 4) is 5.75 Å². The van der Waals surface area contributed by atoms with Gasteiger partial charge in [0.15, 0.2) is 0 Å². The molecule has 0 spiro atoms. The lowest BCUT2D eigenvalue weighted by Crippen LogP contribution is -2.53. The topological polar surface area (TPSA) is 41.6 Å². The number of carbonyl (C=O) groups is 1. The maximum absolute atomic E-state index is 13.1. The Morgan fingerprint density at radius 3 is 2.39 bits per heavy atom. The summed E-state index contributed by atoms with van der Waals surface area (Å²) in [5, 5.41) is 3.25. The molecule has 0 aliphatic heterocycles. The summed E-state index contributed by atoms with van der Waals surface area (Å²) in [6, 6.07) is 8.74. The minimum atomic E-state index is -0.0404. The van der Waals surface area contributed by atoms with Gasteiger partial charge in [-0.05, 0) is 88.2 Å². The Bertz CT molecular complexity index is 750. The lowest BCUT2D eigenvalue weighted by molar-refractivity contribution is -0.146. The first-order valence-electron chi connectivity index (χ1n) is 12.3. The van der Waals surface area contributed by atoms with Crippen LogP contribution >= 0.6 is 0 Å². The van der Waals surface area contributed by atoms with Gasteiger partial charge in [-0.25, -0.2) is 0 Å². The molecule has 170 valence electrons. The summed E-state index contributed by atoms with van der Waals surface area (Å²) >= 11 is 0. The van der Waals surface area contributed by atoms with Gasteiger partial charge in [-0.15, -0.1) is 0 Å². The second-order valence-corrected chi connectivity index (χ2v) is 10.5. The zero-order valence-corrected chi connectivity index (χ0v) is 19.6. The summed E-state index contributed by atoms with van der Waals surface area (Å²) < 4.78 is 5.49. The Morgan fingerprint density at radius 1 is 1.13 bits per heavy atom. The molecule has 4 bridgehead atoms. The van der Waals surface area contributed by atoms with Crippen LogP contribution in [-0.4, -0.2) is 43.6 Å². The van der Waals surface area contributed by atoms with Crippen LogP contribution in [0.4, 0.5) is 0 Å². The number of carbonyl (C=O) groups excluding carboxylic acids is 1. The van der Waals surface area contributed by atoms with Crippen LogP contribution in [0.15, 0.2) is 36.4 Å². The summed E-state index contributed by atoms with van der Waals surface area (Å²) in [5.74, 6) is 3.74. The molecule has 1 N–H and O–H groups in total. The molecule has 1 amide bonds. The largest absolute Gasteiger partial charge is 0.496 e. The highest BCUT2D eigenvalue weighted by molar-refractivity contribution is 5.83. The fourth-order valence-electron chi connectivity index (χ4n) is 6.75. The number of rotatable bonds is 10. The van der Waals surface area contributed by atoms with Crippen LogP contribution in [-0.2, 0) is 11.2 Å². The van der Waals surface area contributed by atoms with Crippen LogP contribution in [0.3, 0.4) is 0 Å². The Hall–Kier alpha value is -1.81. The maximum Gasteiger partial charge on any atom is 0.226 e. The van der Waals surface area contributed by atoms with Crippen LogP contribution in [0.1, 0.15) is 57.9 Å². The molecule has 0 heterocycles. The second kappa shape index (κ2) is 9.77. The van der Waals surface area contributed by atoms with Gasteiger partial charge in [-0.3, -0.25) is 9.69 Å². The van der Waals surface area contributed by atoms with Crippen LogP contribution in [0.5, 0.6) is 5.75 Å². The number of hydrogen-bond donors (Lipinski definition) is 1. The zero-order valence-electron chi connectivity index (χ0n) is 19.6. The number of benzene rings is 1. The van der Waals surface area contributed by atoms with E-state index in [4.69, 9.17) is 4.74 Å². The number of hydrogen-bond acceptors (Lipinski definition) is 3. The number of methoxy groups -OCH3 is 1. The smallest absolute Gasteiger partial charge is 0.226 e. The Kier molecular flexibility index (Phi) is 7.05. The van der Waals surface area contributed by atoms with E-state index in [-0.39, 0.29) is 5.41 Å².